The maximum absolute atomic E-state index is 11.1. The van der Waals surface area contributed by atoms with Gasteiger partial charge in [0.25, 0.3) is 5.69 Å². The first kappa shape index (κ1) is 10.7. The Balaban J connectivity index is 3.52. The second-order valence-electron chi connectivity index (χ2n) is 2.88. The summed E-state index contributed by atoms with van der Waals surface area (Å²) in [6.45, 7) is 1.25. The zero-order valence-electron chi connectivity index (χ0n) is 7.85. The molecule has 0 radical (unpaired) electrons. The number of nitrogens with zero attached hydrogens (tertiary/aromatic N) is 2. The van der Waals surface area contributed by atoms with Gasteiger partial charge in [0.05, 0.1) is 4.92 Å². The van der Waals surface area contributed by atoms with Gasteiger partial charge in [-0.05, 0) is 13.0 Å². The minimum atomic E-state index is -0.718. The van der Waals surface area contributed by atoms with Crippen LogP contribution in [0.15, 0.2) is 12.1 Å². The van der Waals surface area contributed by atoms with Gasteiger partial charge >= 0.3 is 0 Å². The smallest absolute Gasteiger partial charge is 0.287 e. The molecule has 6 heteroatoms. The van der Waals surface area contributed by atoms with Crippen LogP contribution < -0.4 is 5.73 Å². The molecule has 0 fully saturated rings. The normalized spacial score (nSPS) is 9.33. The molecule has 2 N–H and O–H groups in total. The van der Waals surface area contributed by atoms with E-state index in [1.807, 2.05) is 0 Å². The van der Waals surface area contributed by atoms with Crippen molar-refractivity contribution >= 4 is 17.2 Å². The van der Waals surface area contributed by atoms with Crippen molar-refractivity contribution in [3.8, 4) is 6.07 Å². The lowest BCUT2D eigenvalue weighted by Gasteiger charge is -2.02. The first-order valence-corrected chi connectivity index (χ1v) is 3.96. The number of carbonyl (C=O) groups excluding carboxylic acids is 1. The molecule has 0 bridgehead atoms. The van der Waals surface area contributed by atoms with Gasteiger partial charge in [0, 0.05) is 17.3 Å². The highest BCUT2D eigenvalue weighted by molar-refractivity contribution is 6.00. The van der Waals surface area contributed by atoms with E-state index in [4.69, 9.17) is 11.0 Å². The lowest BCUT2D eigenvalue weighted by Crippen LogP contribution is -2.03. The maximum Gasteiger partial charge on any atom is 0.287 e. The van der Waals surface area contributed by atoms with Crippen molar-refractivity contribution in [1.82, 2.24) is 0 Å². The van der Waals surface area contributed by atoms with Crippen molar-refractivity contribution in [3.05, 3.63) is 33.4 Å². The number of carbonyl (C=O) groups is 1. The van der Waals surface area contributed by atoms with Crippen LogP contribution in [0.4, 0.5) is 11.4 Å². The molecule has 0 unspecified atom stereocenters. The third-order valence-corrected chi connectivity index (χ3v) is 1.86. The average Bonchev–Trinajstić information content (AvgIpc) is 2.16. The van der Waals surface area contributed by atoms with Gasteiger partial charge in [0.15, 0.2) is 5.78 Å². The van der Waals surface area contributed by atoms with Crippen molar-refractivity contribution in [1.29, 1.82) is 5.26 Å². The van der Waals surface area contributed by atoms with E-state index in [0.29, 0.717) is 0 Å². The summed E-state index contributed by atoms with van der Waals surface area (Å²) in [5.74, 6) is -0.375. The van der Waals surface area contributed by atoms with Gasteiger partial charge < -0.3 is 5.73 Å². The number of rotatable bonds is 2. The van der Waals surface area contributed by atoms with Gasteiger partial charge in [-0.1, -0.05) is 0 Å². The third kappa shape index (κ3) is 1.91. The average molecular weight is 205 g/mol. The van der Waals surface area contributed by atoms with Gasteiger partial charge in [0.1, 0.15) is 11.6 Å². The molecule has 6 nitrogen and oxygen atoms in total. The zero-order valence-corrected chi connectivity index (χ0v) is 7.85. The molecule has 15 heavy (non-hydrogen) atoms. The quantitative estimate of drug-likeness (QED) is 0.338. The van der Waals surface area contributed by atoms with Gasteiger partial charge in [-0.25, -0.2) is 0 Å². The zero-order chi connectivity index (χ0) is 11.6. The number of ketones is 1. The van der Waals surface area contributed by atoms with E-state index >= 15 is 0 Å². The van der Waals surface area contributed by atoms with E-state index in [1.54, 1.807) is 6.07 Å². The molecule has 0 aliphatic rings. The van der Waals surface area contributed by atoms with Crippen LogP contribution in [-0.4, -0.2) is 10.7 Å². The molecule has 0 aliphatic heterocycles. The summed E-state index contributed by atoms with van der Waals surface area (Å²) in [4.78, 5) is 20.9. The minimum absolute atomic E-state index is 0.0562. The lowest BCUT2D eigenvalue weighted by atomic mass is 10.0. The molecular weight excluding hydrogens is 198 g/mol. The van der Waals surface area contributed by atoms with Crippen molar-refractivity contribution in [3.63, 3.8) is 0 Å². The summed E-state index contributed by atoms with van der Waals surface area (Å²) in [6, 6.07) is 3.81. The highest BCUT2D eigenvalue weighted by Gasteiger charge is 2.18. The molecule has 0 aromatic heterocycles. The van der Waals surface area contributed by atoms with Gasteiger partial charge in [-0.2, -0.15) is 5.26 Å². The fourth-order valence-electron chi connectivity index (χ4n) is 1.15. The van der Waals surface area contributed by atoms with E-state index in [2.05, 4.69) is 0 Å². The Morgan fingerprint density at radius 2 is 2.20 bits per heavy atom. The molecule has 1 rings (SSSR count). The number of hydrogen-bond donors (Lipinski definition) is 1. The van der Waals surface area contributed by atoms with Crippen LogP contribution in [0.5, 0.6) is 0 Å². The Morgan fingerprint density at radius 3 is 2.60 bits per heavy atom. The molecule has 0 heterocycles. The van der Waals surface area contributed by atoms with Crippen molar-refractivity contribution in [2.24, 2.45) is 0 Å². The standard InChI is InChI=1S/C9H7N3O3/c1-5(13)7-3-9(12(14)15)6(4-10)2-8(7)11/h2-3H,11H2,1H3. The highest BCUT2D eigenvalue weighted by atomic mass is 16.6. The number of hydrogen-bond acceptors (Lipinski definition) is 5. The Morgan fingerprint density at radius 1 is 1.60 bits per heavy atom. The number of nitro benzene ring substituents is 1. The van der Waals surface area contributed by atoms with Crippen LogP contribution in [0.1, 0.15) is 22.8 Å². The Bertz CT molecular complexity index is 488. The summed E-state index contributed by atoms with van der Waals surface area (Å²) >= 11 is 0. The van der Waals surface area contributed by atoms with Gasteiger partial charge in [0.2, 0.25) is 0 Å². The summed E-state index contributed by atoms with van der Waals surface area (Å²) < 4.78 is 0. The third-order valence-electron chi connectivity index (χ3n) is 1.86. The Kier molecular flexibility index (Phi) is 2.67. The summed E-state index contributed by atoms with van der Waals surface area (Å²) in [5, 5.41) is 19.2. The molecule has 0 spiro atoms. The minimum Gasteiger partial charge on any atom is -0.398 e. The highest BCUT2D eigenvalue weighted by Crippen LogP contribution is 2.24. The van der Waals surface area contributed by atoms with Gasteiger partial charge in [-0.3, -0.25) is 14.9 Å². The van der Waals surface area contributed by atoms with E-state index < -0.39 is 10.6 Å². The Labute approximate surface area is 85.1 Å². The van der Waals surface area contributed by atoms with Crippen LogP contribution in [0.2, 0.25) is 0 Å². The molecule has 0 atom stereocenters. The molecule has 0 saturated carbocycles. The monoisotopic (exact) mass is 205 g/mol. The maximum atomic E-state index is 11.1. The molecule has 0 aliphatic carbocycles. The van der Waals surface area contributed by atoms with Crippen LogP contribution >= 0.6 is 0 Å². The number of nitrogen functional groups attached to an aromatic ring is 1. The predicted octanol–water partition coefficient (Wildman–Crippen LogP) is 1.25. The number of nitriles is 1. The van der Waals surface area contributed by atoms with Crippen molar-refractivity contribution in [2.45, 2.75) is 6.92 Å². The Hall–Kier alpha value is -2.42. The van der Waals surface area contributed by atoms with Crippen molar-refractivity contribution < 1.29 is 9.72 Å². The number of nitro groups is 1. The second kappa shape index (κ2) is 3.75. The van der Waals surface area contributed by atoms with Crippen LogP contribution in [-0.2, 0) is 0 Å². The van der Waals surface area contributed by atoms with E-state index in [9.17, 15) is 14.9 Å². The molecule has 1 aromatic rings. The first-order chi connectivity index (χ1) is 6.97. The van der Waals surface area contributed by atoms with E-state index in [1.165, 1.54) is 6.92 Å². The summed E-state index contributed by atoms with van der Waals surface area (Å²) in [7, 11) is 0. The molecule has 0 amide bonds. The van der Waals surface area contributed by atoms with E-state index in [0.717, 1.165) is 12.1 Å². The van der Waals surface area contributed by atoms with Crippen LogP contribution in [0, 0.1) is 21.4 Å². The first-order valence-electron chi connectivity index (χ1n) is 3.96. The second-order valence-corrected chi connectivity index (χ2v) is 2.88. The molecular formula is C9H7N3O3. The largest absolute Gasteiger partial charge is 0.398 e. The van der Waals surface area contributed by atoms with Crippen LogP contribution in [0.25, 0.3) is 0 Å². The van der Waals surface area contributed by atoms with E-state index in [-0.39, 0.29) is 22.6 Å². The number of anilines is 1. The fourth-order valence-corrected chi connectivity index (χ4v) is 1.15. The molecule has 76 valence electrons. The molecule has 0 saturated heterocycles. The van der Waals surface area contributed by atoms with Gasteiger partial charge in [-0.15, -0.1) is 0 Å². The number of nitrogens with two attached hydrogens (primary N) is 1. The number of Topliss-reactive ketones (excluding diaryl/α,β-unsaturated/α-hetero) is 1. The number of benzene rings is 1. The molecule has 1 aromatic carbocycles. The summed E-state index contributed by atoms with van der Waals surface area (Å²) in [5.41, 5.74) is 5.05. The SMILES string of the molecule is CC(=O)c1cc([N+](=O)[O-])c(C#N)cc1N. The lowest BCUT2D eigenvalue weighted by molar-refractivity contribution is -0.385. The fraction of sp³-hybridized carbons (Fsp3) is 0.111. The van der Waals surface area contributed by atoms with Crippen molar-refractivity contribution in [2.75, 3.05) is 5.73 Å². The predicted molar refractivity (Wildman–Crippen MR) is 52.2 cm³/mol. The topological polar surface area (TPSA) is 110 Å². The summed E-state index contributed by atoms with van der Waals surface area (Å²) in [6.07, 6.45) is 0. The van der Waals surface area contributed by atoms with Crippen LogP contribution in [0.3, 0.4) is 0 Å².